The molecule has 0 saturated heterocycles. The van der Waals surface area contributed by atoms with Crippen LogP contribution in [0, 0.1) is 0 Å². The van der Waals surface area contributed by atoms with Gasteiger partial charge in [-0.3, -0.25) is 4.79 Å². The molecular weight excluding hydrogens is 144 g/mol. The van der Waals surface area contributed by atoms with E-state index in [9.17, 15) is 9.59 Å². The van der Waals surface area contributed by atoms with Crippen molar-refractivity contribution in [2.45, 2.75) is 20.3 Å². The normalized spacial score (nSPS) is 10.0. The lowest BCUT2D eigenvalue weighted by Crippen LogP contribution is -2.10. The van der Waals surface area contributed by atoms with Crippen molar-refractivity contribution < 1.29 is 14.3 Å². The Balaban J connectivity index is 3.54. The Bertz CT molecular complexity index is 170. The third-order valence-corrected chi connectivity index (χ3v) is 1.07. The molecule has 0 aliphatic carbocycles. The molecule has 0 heterocycles. The largest absolute Gasteiger partial charge is 0.455 e. The van der Waals surface area contributed by atoms with Crippen LogP contribution in [-0.2, 0) is 14.3 Å². The van der Waals surface area contributed by atoms with Crippen molar-refractivity contribution in [3.63, 3.8) is 0 Å². The smallest absolute Gasteiger partial charge is 0.330 e. The van der Waals surface area contributed by atoms with E-state index >= 15 is 0 Å². The van der Waals surface area contributed by atoms with Gasteiger partial charge in [0.05, 0.1) is 0 Å². The summed E-state index contributed by atoms with van der Waals surface area (Å²) in [4.78, 5) is 21.2. The first-order valence-corrected chi connectivity index (χ1v) is 3.51. The third kappa shape index (κ3) is 5.33. The van der Waals surface area contributed by atoms with E-state index in [-0.39, 0.29) is 12.4 Å². The Kier molecular flexibility index (Phi) is 5.07. The van der Waals surface area contributed by atoms with Gasteiger partial charge in [0.15, 0.2) is 5.78 Å². The number of hydrogen-bond acceptors (Lipinski definition) is 3. The van der Waals surface area contributed by atoms with Gasteiger partial charge in [0.2, 0.25) is 0 Å². The highest BCUT2D eigenvalue weighted by Gasteiger charge is 2.00. The molecule has 62 valence electrons. The minimum Gasteiger partial charge on any atom is -0.455 e. The molecule has 11 heavy (non-hydrogen) atoms. The van der Waals surface area contributed by atoms with Gasteiger partial charge in [0.1, 0.15) is 6.61 Å². The van der Waals surface area contributed by atoms with Crippen LogP contribution in [0.3, 0.4) is 0 Å². The van der Waals surface area contributed by atoms with E-state index in [2.05, 4.69) is 4.74 Å². The minimum absolute atomic E-state index is 0.0668. The predicted octanol–water partition coefficient (Wildman–Crippen LogP) is 1.08. The summed E-state index contributed by atoms with van der Waals surface area (Å²) in [6.07, 6.45) is 3.25. The molecule has 0 unspecified atom stereocenters. The highest BCUT2D eigenvalue weighted by atomic mass is 16.5. The third-order valence-electron chi connectivity index (χ3n) is 1.07. The Morgan fingerprint density at radius 2 is 2.09 bits per heavy atom. The summed E-state index contributed by atoms with van der Waals surface area (Å²) >= 11 is 0. The van der Waals surface area contributed by atoms with Crippen LogP contribution in [0.25, 0.3) is 0 Å². The van der Waals surface area contributed by atoms with Crippen molar-refractivity contribution in [2.24, 2.45) is 0 Å². The second-order valence-electron chi connectivity index (χ2n) is 2.00. The molecule has 0 atom stereocenters. The Labute approximate surface area is 66.0 Å². The lowest BCUT2D eigenvalue weighted by Gasteiger charge is -1.97. The summed E-state index contributed by atoms with van der Waals surface area (Å²) in [5.41, 5.74) is 0. The zero-order valence-electron chi connectivity index (χ0n) is 6.79. The minimum atomic E-state index is -0.464. The first-order valence-electron chi connectivity index (χ1n) is 3.51. The van der Waals surface area contributed by atoms with Gasteiger partial charge < -0.3 is 4.74 Å². The number of carbonyl (C=O) groups excluding carboxylic acids is 2. The number of esters is 1. The van der Waals surface area contributed by atoms with E-state index < -0.39 is 5.97 Å². The first kappa shape index (κ1) is 9.88. The van der Waals surface area contributed by atoms with Crippen molar-refractivity contribution in [2.75, 3.05) is 6.61 Å². The summed E-state index contributed by atoms with van der Waals surface area (Å²) in [7, 11) is 0. The number of rotatable bonds is 4. The second-order valence-corrected chi connectivity index (χ2v) is 2.00. The fraction of sp³-hybridized carbons (Fsp3) is 0.500. The predicted molar refractivity (Wildman–Crippen MR) is 41.1 cm³/mol. The van der Waals surface area contributed by atoms with E-state index in [1.807, 2.05) is 0 Å². The Hall–Kier alpha value is -1.12. The van der Waals surface area contributed by atoms with Crippen LogP contribution >= 0.6 is 0 Å². The average Bonchev–Trinajstić information content (AvgIpc) is 2.01. The summed E-state index contributed by atoms with van der Waals surface area (Å²) in [6.45, 7) is 3.33. The number of carbonyl (C=O) groups is 2. The number of allylic oxidation sites excluding steroid dienone is 1. The van der Waals surface area contributed by atoms with E-state index in [0.29, 0.717) is 6.42 Å². The van der Waals surface area contributed by atoms with Crippen LogP contribution in [0.15, 0.2) is 12.2 Å². The zero-order chi connectivity index (χ0) is 8.69. The van der Waals surface area contributed by atoms with Gasteiger partial charge in [-0.25, -0.2) is 4.79 Å². The summed E-state index contributed by atoms with van der Waals surface area (Å²) in [5.74, 6) is -0.530. The van der Waals surface area contributed by atoms with Crippen molar-refractivity contribution in [3.05, 3.63) is 12.2 Å². The average molecular weight is 156 g/mol. The van der Waals surface area contributed by atoms with Gasteiger partial charge in [-0.05, 0) is 6.92 Å². The summed E-state index contributed by atoms with van der Waals surface area (Å²) in [5, 5.41) is 0. The maximum Gasteiger partial charge on any atom is 0.330 e. The molecule has 0 saturated carbocycles. The Morgan fingerprint density at radius 3 is 2.55 bits per heavy atom. The van der Waals surface area contributed by atoms with E-state index in [4.69, 9.17) is 0 Å². The molecule has 0 aliphatic rings. The van der Waals surface area contributed by atoms with Crippen LogP contribution in [0.2, 0.25) is 0 Å². The number of hydrogen-bond donors (Lipinski definition) is 0. The van der Waals surface area contributed by atoms with Gasteiger partial charge in [0.25, 0.3) is 0 Å². The molecule has 0 aromatic rings. The molecule has 0 fully saturated rings. The molecule has 0 rings (SSSR count). The number of Topliss-reactive ketones (excluding diaryl/α,β-unsaturated/α-hetero) is 1. The standard InChI is InChI=1S/C8H12O3/c1-3-5-8(10)11-6-7(9)4-2/h3,5H,4,6H2,1-2H3/b5-3+. The van der Waals surface area contributed by atoms with Gasteiger partial charge >= 0.3 is 5.97 Å². The molecular formula is C8H12O3. The molecule has 0 bridgehead atoms. The lowest BCUT2D eigenvalue weighted by atomic mass is 10.3. The number of ether oxygens (including phenoxy) is 1. The van der Waals surface area contributed by atoms with Crippen LogP contribution in [0.1, 0.15) is 20.3 Å². The molecule has 3 nitrogen and oxygen atoms in total. The van der Waals surface area contributed by atoms with Gasteiger partial charge in [-0.2, -0.15) is 0 Å². The van der Waals surface area contributed by atoms with E-state index in [0.717, 1.165) is 0 Å². The highest BCUT2D eigenvalue weighted by molar-refractivity contribution is 5.86. The highest BCUT2D eigenvalue weighted by Crippen LogP contribution is 1.85. The molecule has 0 radical (unpaired) electrons. The van der Waals surface area contributed by atoms with Gasteiger partial charge in [-0.15, -0.1) is 0 Å². The molecule has 0 spiro atoms. The van der Waals surface area contributed by atoms with Crippen LogP contribution < -0.4 is 0 Å². The molecule has 3 heteroatoms. The second kappa shape index (κ2) is 5.65. The van der Waals surface area contributed by atoms with Crippen LogP contribution in [0.4, 0.5) is 0 Å². The molecule has 0 N–H and O–H groups in total. The molecule has 0 aromatic carbocycles. The van der Waals surface area contributed by atoms with E-state index in [1.54, 1.807) is 19.9 Å². The summed E-state index contributed by atoms with van der Waals surface area (Å²) in [6, 6.07) is 0. The molecule has 0 aliphatic heterocycles. The lowest BCUT2D eigenvalue weighted by molar-refractivity contribution is -0.143. The van der Waals surface area contributed by atoms with Crippen molar-refractivity contribution >= 4 is 11.8 Å². The van der Waals surface area contributed by atoms with E-state index in [1.165, 1.54) is 6.08 Å². The van der Waals surface area contributed by atoms with Crippen molar-refractivity contribution in [1.82, 2.24) is 0 Å². The fourth-order valence-corrected chi connectivity index (χ4v) is 0.438. The maximum atomic E-state index is 10.6. The van der Waals surface area contributed by atoms with Gasteiger partial charge in [0, 0.05) is 12.5 Å². The van der Waals surface area contributed by atoms with Crippen LogP contribution in [-0.4, -0.2) is 18.4 Å². The molecule has 0 amide bonds. The summed E-state index contributed by atoms with van der Waals surface area (Å²) < 4.78 is 4.56. The fourth-order valence-electron chi connectivity index (χ4n) is 0.438. The van der Waals surface area contributed by atoms with Gasteiger partial charge in [-0.1, -0.05) is 13.0 Å². The number of ketones is 1. The monoisotopic (exact) mass is 156 g/mol. The zero-order valence-corrected chi connectivity index (χ0v) is 6.79. The van der Waals surface area contributed by atoms with Crippen LogP contribution in [0.5, 0.6) is 0 Å². The first-order chi connectivity index (χ1) is 5.20. The Morgan fingerprint density at radius 1 is 1.45 bits per heavy atom. The maximum absolute atomic E-state index is 10.6. The quantitative estimate of drug-likeness (QED) is 0.452. The van der Waals surface area contributed by atoms with Crippen molar-refractivity contribution in [3.8, 4) is 0 Å². The van der Waals surface area contributed by atoms with Crippen molar-refractivity contribution in [1.29, 1.82) is 0 Å². The molecule has 0 aromatic heterocycles. The SMILES string of the molecule is C/C=C/C(=O)OCC(=O)CC. The topological polar surface area (TPSA) is 43.4 Å².